The van der Waals surface area contributed by atoms with Gasteiger partial charge in [-0.2, -0.15) is 0 Å². The van der Waals surface area contributed by atoms with Gasteiger partial charge in [0, 0.05) is 53.4 Å². The maximum atomic E-state index is 14.8. The van der Waals surface area contributed by atoms with Gasteiger partial charge in [-0.05, 0) is 68.4 Å². The number of piperidine rings is 1. The van der Waals surface area contributed by atoms with E-state index in [1.807, 2.05) is 12.1 Å². The van der Waals surface area contributed by atoms with Crippen molar-refractivity contribution in [3.63, 3.8) is 0 Å². The van der Waals surface area contributed by atoms with Gasteiger partial charge in [-0.1, -0.05) is 12.1 Å². The molecule has 2 aliphatic heterocycles. The Morgan fingerprint density at radius 3 is 2.43 bits per heavy atom. The molecular formula is C29H25N3O5. The molecule has 1 saturated heterocycles. The Bertz CT molecular complexity index is 1490. The SMILES string of the molecule is CN1CC[C@]23c4c5ccc(O)c4O[C@@]2(C(=O)c2cccnc2)[C@](O)(C(=O)c2cccnc2)C=C[C@H]3[C@H]1C5. The van der Waals surface area contributed by atoms with Gasteiger partial charge in [0.05, 0.1) is 5.41 Å². The Morgan fingerprint density at radius 2 is 1.76 bits per heavy atom. The summed E-state index contributed by atoms with van der Waals surface area (Å²) in [6.07, 6.45) is 10.4. The third kappa shape index (κ3) is 2.49. The first-order chi connectivity index (χ1) is 17.8. The van der Waals surface area contributed by atoms with Gasteiger partial charge in [0.2, 0.25) is 17.2 Å². The molecule has 37 heavy (non-hydrogen) atoms. The number of Topliss-reactive ketones (excluding diaryl/α,β-unsaturated/α-hetero) is 2. The molecule has 186 valence electrons. The van der Waals surface area contributed by atoms with E-state index in [1.54, 1.807) is 36.5 Å². The van der Waals surface area contributed by atoms with Gasteiger partial charge in [-0.3, -0.25) is 19.6 Å². The molecule has 2 aromatic heterocycles. The highest BCUT2D eigenvalue weighted by Crippen LogP contribution is 2.69. The number of likely N-dealkylation sites (N-methyl/N-ethyl adjacent to an activating group) is 1. The number of likely N-dealkylation sites (tertiary alicyclic amines) is 1. The van der Waals surface area contributed by atoms with Gasteiger partial charge < -0.3 is 19.8 Å². The van der Waals surface area contributed by atoms with Gasteiger partial charge in [-0.15, -0.1) is 0 Å². The highest BCUT2D eigenvalue weighted by molar-refractivity contribution is 6.15. The van der Waals surface area contributed by atoms with Crippen molar-refractivity contribution in [2.24, 2.45) is 5.92 Å². The van der Waals surface area contributed by atoms with Crippen LogP contribution in [0.15, 0.2) is 73.3 Å². The summed E-state index contributed by atoms with van der Waals surface area (Å²) in [5.74, 6) is -1.40. The number of carbonyl (C=O) groups excluding carboxylic acids is 2. The van der Waals surface area contributed by atoms with Crippen molar-refractivity contribution in [2.45, 2.75) is 35.5 Å². The molecule has 8 nitrogen and oxygen atoms in total. The summed E-state index contributed by atoms with van der Waals surface area (Å²) in [5.41, 5.74) is -3.47. The Morgan fingerprint density at radius 1 is 1.05 bits per heavy atom. The van der Waals surface area contributed by atoms with Crippen LogP contribution in [-0.4, -0.2) is 67.5 Å². The first-order valence-corrected chi connectivity index (χ1v) is 12.4. The van der Waals surface area contributed by atoms with Crippen LogP contribution in [0.4, 0.5) is 0 Å². The standard InChI is InChI=1S/C29H25N3O5/c1-32-13-10-27-20-8-9-28(36,25(34)18-4-2-11-30-15-18)29(27,26(35)19-5-3-12-31-16-19)37-24-22(33)7-6-17(23(24)27)14-21(20)32/h2-9,11-12,15-16,20-21,33,36H,10,13-14H2,1H3/t20-,21+,27-,28+,29+/m0/s1. The van der Waals surface area contributed by atoms with Crippen LogP contribution >= 0.6 is 0 Å². The van der Waals surface area contributed by atoms with Crippen molar-refractivity contribution in [3.05, 3.63) is 95.6 Å². The molecule has 0 unspecified atom stereocenters. The van der Waals surface area contributed by atoms with E-state index in [0.29, 0.717) is 19.4 Å². The van der Waals surface area contributed by atoms with Crippen molar-refractivity contribution >= 4 is 11.6 Å². The zero-order chi connectivity index (χ0) is 25.6. The second-order valence-electron chi connectivity index (χ2n) is 10.5. The number of ether oxygens (including phenoxy) is 1. The molecule has 2 bridgehead atoms. The van der Waals surface area contributed by atoms with E-state index in [2.05, 4.69) is 21.9 Å². The molecule has 4 heterocycles. The lowest BCUT2D eigenvalue weighted by atomic mass is 9.44. The van der Waals surface area contributed by atoms with Crippen molar-refractivity contribution in [1.82, 2.24) is 14.9 Å². The molecule has 0 radical (unpaired) electrons. The average molecular weight is 496 g/mol. The fourth-order valence-electron chi connectivity index (χ4n) is 7.44. The zero-order valence-corrected chi connectivity index (χ0v) is 20.2. The molecule has 0 saturated carbocycles. The maximum Gasteiger partial charge on any atom is 0.221 e. The van der Waals surface area contributed by atoms with E-state index in [-0.39, 0.29) is 34.6 Å². The van der Waals surface area contributed by atoms with Crippen LogP contribution in [0.25, 0.3) is 0 Å². The summed E-state index contributed by atoms with van der Waals surface area (Å²) in [6, 6.07) is 9.89. The van der Waals surface area contributed by atoms with Crippen LogP contribution in [0.5, 0.6) is 11.5 Å². The number of nitrogens with zero attached hydrogens (tertiary/aromatic N) is 3. The predicted molar refractivity (Wildman–Crippen MR) is 133 cm³/mol. The largest absolute Gasteiger partial charge is 0.504 e. The van der Waals surface area contributed by atoms with Crippen molar-refractivity contribution in [2.75, 3.05) is 13.6 Å². The smallest absolute Gasteiger partial charge is 0.221 e. The summed E-state index contributed by atoms with van der Waals surface area (Å²) in [4.78, 5) is 39.5. The number of aliphatic hydroxyl groups is 1. The van der Waals surface area contributed by atoms with Gasteiger partial charge in [0.25, 0.3) is 0 Å². The van der Waals surface area contributed by atoms with Crippen LogP contribution in [0, 0.1) is 5.92 Å². The highest BCUT2D eigenvalue weighted by atomic mass is 16.5. The number of aromatic hydroxyl groups is 1. The first-order valence-electron chi connectivity index (χ1n) is 12.4. The number of benzene rings is 1. The maximum absolute atomic E-state index is 14.8. The summed E-state index contributed by atoms with van der Waals surface area (Å²) in [6.45, 7) is 0.631. The number of phenolic OH excluding ortho intramolecular Hbond substituents is 1. The predicted octanol–water partition coefficient (Wildman–Crippen LogP) is 2.49. The normalized spacial score (nSPS) is 32.9. The molecule has 1 spiro atoms. The van der Waals surface area contributed by atoms with Gasteiger partial charge in [0.1, 0.15) is 0 Å². The molecule has 5 atom stereocenters. The molecule has 7 rings (SSSR count). The Kier molecular flexibility index (Phi) is 4.43. The lowest BCUT2D eigenvalue weighted by Gasteiger charge is -2.62. The topological polar surface area (TPSA) is 113 Å². The number of phenols is 1. The third-order valence-electron chi connectivity index (χ3n) is 8.99. The van der Waals surface area contributed by atoms with Crippen molar-refractivity contribution in [3.8, 4) is 11.5 Å². The van der Waals surface area contributed by atoms with E-state index in [4.69, 9.17) is 4.74 Å². The Balaban J connectivity index is 1.59. The fraction of sp³-hybridized carbons (Fsp3) is 0.310. The van der Waals surface area contributed by atoms with Gasteiger partial charge in [0.15, 0.2) is 17.1 Å². The molecule has 1 fully saturated rings. The Labute approximate surface area is 213 Å². The minimum absolute atomic E-state index is 0.0238. The lowest BCUT2D eigenvalue weighted by Crippen LogP contribution is -2.79. The number of ketones is 2. The van der Waals surface area contributed by atoms with Crippen LogP contribution < -0.4 is 4.74 Å². The summed E-state index contributed by atoms with van der Waals surface area (Å²) >= 11 is 0. The van der Waals surface area contributed by atoms with E-state index in [0.717, 1.165) is 11.1 Å². The number of aromatic nitrogens is 2. The highest BCUT2D eigenvalue weighted by Gasteiger charge is 2.81. The summed E-state index contributed by atoms with van der Waals surface area (Å²) in [5, 5.41) is 23.6. The molecule has 1 aromatic carbocycles. The molecule has 3 aromatic rings. The summed E-state index contributed by atoms with van der Waals surface area (Å²) in [7, 11) is 2.06. The number of carbonyl (C=O) groups is 2. The average Bonchev–Trinajstić information content (AvgIpc) is 3.26. The second-order valence-corrected chi connectivity index (χ2v) is 10.5. The minimum Gasteiger partial charge on any atom is -0.504 e. The van der Waals surface area contributed by atoms with Gasteiger partial charge >= 0.3 is 0 Å². The Hall–Kier alpha value is -3.88. The zero-order valence-electron chi connectivity index (χ0n) is 20.2. The molecule has 0 amide bonds. The fourth-order valence-corrected chi connectivity index (χ4v) is 7.44. The number of pyridine rings is 2. The number of hydrogen-bond acceptors (Lipinski definition) is 8. The molecule has 2 N–H and O–H groups in total. The quantitative estimate of drug-likeness (QED) is 0.419. The van der Waals surface area contributed by atoms with E-state index in [9.17, 15) is 19.8 Å². The lowest BCUT2D eigenvalue weighted by molar-refractivity contribution is -0.127. The first kappa shape index (κ1) is 22.3. The second kappa shape index (κ2) is 7.34. The monoisotopic (exact) mass is 495 g/mol. The van der Waals surface area contributed by atoms with Crippen LogP contribution in [0.3, 0.4) is 0 Å². The third-order valence-corrected chi connectivity index (χ3v) is 8.99. The molecule has 2 aliphatic carbocycles. The molecule has 4 aliphatic rings. The number of rotatable bonds is 4. The minimum atomic E-state index is -2.38. The van der Waals surface area contributed by atoms with Crippen LogP contribution in [-0.2, 0) is 11.8 Å². The van der Waals surface area contributed by atoms with E-state index in [1.165, 1.54) is 24.7 Å². The van der Waals surface area contributed by atoms with Gasteiger partial charge in [-0.25, -0.2) is 0 Å². The summed E-state index contributed by atoms with van der Waals surface area (Å²) < 4.78 is 6.62. The van der Waals surface area contributed by atoms with E-state index >= 15 is 0 Å². The molecular weight excluding hydrogens is 470 g/mol. The van der Waals surface area contributed by atoms with Crippen molar-refractivity contribution in [1.29, 1.82) is 0 Å². The van der Waals surface area contributed by atoms with E-state index < -0.39 is 28.2 Å². The van der Waals surface area contributed by atoms with Crippen LogP contribution in [0.2, 0.25) is 0 Å². The molecule has 8 heteroatoms. The number of hydrogen-bond donors (Lipinski definition) is 2. The van der Waals surface area contributed by atoms with Crippen LogP contribution in [0.1, 0.15) is 38.3 Å². The van der Waals surface area contributed by atoms with Crippen molar-refractivity contribution < 1.29 is 24.5 Å².